The number of nitrogens with zero attached hydrogens (tertiary/aromatic N) is 4. The second kappa shape index (κ2) is 5.99. The summed E-state index contributed by atoms with van der Waals surface area (Å²) in [6.07, 6.45) is 1.78. The first-order valence-corrected chi connectivity index (χ1v) is 9.00. The maximum atomic E-state index is 13.4. The van der Waals surface area contributed by atoms with Gasteiger partial charge in [-0.1, -0.05) is 11.2 Å². The van der Waals surface area contributed by atoms with Crippen LogP contribution in [0.5, 0.6) is 0 Å². The largest absolute Gasteiger partial charge is 0.361 e. The molecular formula is C22H17FN4O. The van der Waals surface area contributed by atoms with Crippen LogP contribution >= 0.6 is 0 Å². The SMILES string of the molecule is Cc1noc(C)c1-c1ccc2ncc3nc(C)n(-c4ccc(F)cc4)c3c2c1. The van der Waals surface area contributed by atoms with Gasteiger partial charge in [-0.3, -0.25) is 9.55 Å². The van der Waals surface area contributed by atoms with Crippen LogP contribution in [0, 0.1) is 26.6 Å². The van der Waals surface area contributed by atoms with E-state index < -0.39 is 0 Å². The Morgan fingerprint density at radius 1 is 0.964 bits per heavy atom. The molecule has 5 rings (SSSR count). The Morgan fingerprint density at radius 2 is 1.75 bits per heavy atom. The molecule has 0 spiro atoms. The first-order chi connectivity index (χ1) is 13.5. The number of rotatable bonds is 2. The zero-order chi connectivity index (χ0) is 19.4. The summed E-state index contributed by atoms with van der Waals surface area (Å²) in [5.74, 6) is 1.33. The summed E-state index contributed by atoms with van der Waals surface area (Å²) in [5.41, 5.74) is 6.32. The summed E-state index contributed by atoms with van der Waals surface area (Å²) < 4.78 is 20.8. The highest BCUT2D eigenvalue weighted by Gasteiger charge is 2.16. The lowest BCUT2D eigenvalue weighted by molar-refractivity contribution is 0.393. The number of imidazole rings is 1. The Labute approximate surface area is 160 Å². The van der Waals surface area contributed by atoms with Crippen molar-refractivity contribution in [3.63, 3.8) is 0 Å². The van der Waals surface area contributed by atoms with Gasteiger partial charge in [0.1, 0.15) is 22.9 Å². The van der Waals surface area contributed by atoms with Crippen molar-refractivity contribution >= 4 is 21.9 Å². The monoisotopic (exact) mass is 372 g/mol. The van der Waals surface area contributed by atoms with Crippen molar-refractivity contribution in [3.05, 3.63) is 71.8 Å². The highest BCUT2D eigenvalue weighted by molar-refractivity contribution is 6.04. The molecule has 6 heteroatoms. The van der Waals surface area contributed by atoms with E-state index in [2.05, 4.69) is 21.2 Å². The van der Waals surface area contributed by atoms with Crippen molar-refractivity contribution in [2.24, 2.45) is 0 Å². The molecule has 0 atom stereocenters. The highest BCUT2D eigenvalue weighted by atomic mass is 19.1. The van der Waals surface area contributed by atoms with Crippen LogP contribution in [-0.2, 0) is 0 Å². The quantitative estimate of drug-likeness (QED) is 0.422. The molecule has 0 fully saturated rings. The van der Waals surface area contributed by atoms with Crippen molar-refractivity contribution in [1.29, 1.82) is 0 Å². The molecule has 5 nitrogen and oxygen atoms in total. The van der Waals surface area contributed by atoms with Gasteiger partial charge in [-0.05, 0) is 62.7 Å². The van der Waals surface area contributed by atoms with Crippen LogP contribution in [0.4, 0.5) is 4.39 Å². The first-order valence-electron chi connectivity index (χ1n) is 9.00. The van der Waals surface area contributed by atoms with E-state index in [0.717, 1.165) is 56.0 Å². The van der Waals surface area contributed by atoms with E-state index in [9.17, 15) is 4.39 Å². The van der Waals surface area contributed by atoms with E-state index in [1.54, 1.807) is 18.3 Å². The normalized spacial score (nSPS) is 11.6. The Kier molecular flexibility index (Phi) is 3.55. The lowest BCUT2D eigenvalue weighted by atomic mass is 10.0. The van der Waals surface area contributed by atoms with E-state index >= 15 is 0 Å². The van der Waals surface area contributed by atoms with Crippen molar-refractivity contribution in [1.82, 2.24) is 19.7 Å². The van der Waals surface area contributed by atoms with Crippen LogP contribution in [0.1, 0.15) is 17.3 Å². The number of fused-ring (bicyclic) bond motifs is 3. The van der Waals surface area contributed by atoms with Crippen LogP contribution in [0.2, 0.25) is 0 Å². The van der Waals surface area contributed by atoms with Gasteiger partial charge < -0.3 is 4.52 Å². The maximum Gasteiger partial charge on any atom is 0.141 e. The van der Waals surface area contributed by atoms with Crippen LogP contribution in [-0.4, -0.2) is 19.7 Å². The zero-order valence-corrected chi connectivity index (χ0v) is 15.7. The smallest absolute Gasteiger partial charge is 0.141 e. The predicted molar refractivity (Wildman–Crippen MR) is 106 cm³/mol. The predicted octanol–water partition coefficient (Wildman–Crippen LogP) is 5.29. The number of pyridine rings is 1. The summed E-state index contributed by atoms with van der Waals surface area (Å²) in [6, 6.07) is 12.5. The average molecular weight is 372 g/mol. The molecule has 138 valence electrons. The van der Waals surface area contributed by atoms with Crippen LogP contribution in [0.15, 0.2) is 53.2 Å². The average Bonchev–Trinajstić information content (AvgIpc) is 3.20. The standard InChI is InChI=1S/C22H17FN4O/c1-12-21(13(2)28-26-12)15-4-9-19-18(10-15)22-20(11-24-19)25-14(3)27(22)17-7-5-16(23)6-8-17/h4-11H,1-3H3. The second-order valence-electron chi connectivity index (χ2n) is 6.89. The van der Waals surface area contributed by atoms with Crippen molar-refractivity contribution < 1.29 is 8.91 Å². The van der Waals surface area contributed by atoms with E-state index in [-0.39, 0.29) is 5.82 Å². The van der Waals surface area contributed by atoms with Gasteiger partial charge in [-0.25, -0.2) is 9.37 Å². The third-order valence-electron chi connectivity index (χ3n) is 5.06. The minimum atomic E-state index is -0.266. The summed E-state index contributed by atoms with van der Waals surface area (Å²) in [4.78, 5) is 9.23. The van der Waals surface area contributed by atoms with Gasteiger partial charge in [0, 0.05) is 16.6 Å². The fourth-order valence-corrected chi connectivity index (χ4v) is 3.83. The number of benzene rings is 2. The molecule has 0 radical (unpaired) electrons. The van der Waals surface area contributed by atoms with Crippen LogP contribution in [0.3, 0.4) is 0 Å². The van der Waals surface area contributed by atoms with Crippen molar-refractivity contribution in [3.8, 4) is 16.8 Å². The van der Waals surface area contributed by atoms with Crippen molar-refractivity contribution in [2.45, 2.75) is 20.8 Å². The molecule has 0 aliphatic rings. The number of hydrogen-bond donors (Lipinski definition) is 0. The molecule has 0 saturated carbocycles. The van der Waals surface area contributed by atoms with E-state index in [1.807, 2.05) is 37.5 Å². The molecule has 3 heterocycles. The Balaban J connectivity index is 1.85. The third-order valence-corrected chi connectivity index (χ3v) is 5.06. The Hall–Kier alpha value is -3.54. The number of halogens is 1. The number of hydrogen-bond acceptors (Lipinski definition) is 4. The van der Waals surface area contributed by atoms with Crippen LogP contribution in [0.25, 0.3) is 38.8 Å². The van der Waals surface area contributed by atoms with Crippen molar-refractivity contribution in [2.75, 3.05) is 0 Å². The maximum absolute atomic E-state index is 13.4. The van der Waals surface area contributed by atoms with Crippen LogP contribution < -0.4 is 0 Å². The molecule has 0 bridgehead atoms. The fourth-order valence-electron chi connectivity index (χ4n) is 3.83. The third kappa shape index (κ3) is 2.41. The summed E-state index contributed by atoms with van der Waals surface area (Å²) in [5, 5.41) is 5.04. The van der Waals surface area contributed by atoms with Gasteiger partial charge in [0.2, 0.25) is 0 Å². The molecule has 0 unspecified atom stereocenters. The van der Waals surface area contributed by atoms with E-state index in [0.29, 0.717) is 0 Å². The van der Waals surface area contributed by atoms with Gasteiger partial charge in [0.05, 0.1) is 22.9 Å². The molecular weight excluding hydrogens is 355 g/mol. The van der Waals surface area contributed by atoms with E-state index in [4.69, 9.17) is 4.52 Å². The number of aryl methyl sites for hydroxylation is 3. The van der Waals surface area contributed by atoms with Gasteiger partial charge in [-0.15, -0.1) is 0 Å². The minimum Gasteiger partial charge on any atom is -0.361 e. The topological polar surface area (TPSA) is 56.7 Å². The summed E-state index contributed by atoms with van der Waals surface area (Å²) >= 11 is 0. The molecule has 28 heavy (non-hydrogen) atoms. The minimum absolute atomic E-state index is 0.266. The highest BCUT2D eigenvalue weighted by Crippen LogP contribution is 2.33. The van der Waals surface area contributed by atoms with Gasteiger partial charge in [-0.2, -0.15) is 0 Å². The molecule has 0 amide bonds. The zero-order valence-electron chi connectivity index (χ0n) is 15.7. The number of aromatic nitrogens is 4. The molecule has 0 aliphatic carbocycles. The summed E-state index contributed by atoms with van der Waals surface area (Å²) in [6.45, 7) is 5.78. The lowest BCUT2D eigenvalue weighted by Gasteiger charge is -2.10. The first kappa shape index (κ1) is 16.6. The second-order valence-corrected chi connectivity index (χ2v) is 6.89. The molecule has 0 saturated heterocycles. The molecule has 3 aromatic heterocycles. The molecule has 5 aromatic rings. The molecule has 2 aromatic carbocycles. The lowest BCUT2D eigenvalue weighted by Crippen LogP contribution is -1.98. The Morgan fingerprint density at radius 3 is 2.46 bits per heavy atom. The van der Waals surface area contributed by atoms with Gasteiger partial charge in [0.25, 0.3) is 0 Å². The van der Waals surface area contributed by atoms with E-state index in [1.165, 1.54) is 12.1 Å². The summed E-state index contributed by atoms with van der Waals surface area (Å²) in [7, 11) is 0. The van der Waals surface area contributed by atoms with Gasteiger partial charge in [0.15, 0.2) is 0 Å². The Bertz CT molecular complexity index is 1330. The molecule has 0 N–H and O–H groups in total. The fraction of sp³-hybridized carbons (Fsp3) is 0.136. The van der Waals surface area contributed by atoms with Gasteiger partial charge >= 0.3 is 0 Å². The molecule has 0 aliphatic heterocycles.